The fourth-order valence-electron chi connectivity index (χ4n) is 6.77. The standard InChI is InChI=1S/C39H47F5IN7O5/c1-24-25(7-10-30(33(24)40)57-18-14-46-13-16-51(22-45)15-6-17-53)21-52-36(56)32(34(54)39(50(52)4)11-5-12-39)35(55)49-28-9-8-26(37(2,41)42)19-27(28)29-20-31(38(3,43)44)48-23-47-29/h7-10,19-20,23,46,53-54H,5-6,11-18,21-22H2,1-4H3,(H,49,55). The molecule has 1 aromatic heterocycles. The zero-order valence-corrected chi connectivity index (χ0v) is 34.3. The summed E-state index contributed by atoms with van der Waals surface area (Å²) in [6.45, 7) is 5.71. The van der Waals surface area contributed by atoms with Crippen LogP contribution in [0.3, 0.4) is 0 Å². The number of carbonyl (C=O) groups excluding carboxylic acids is 2. The summed E-state index contributed by atoms with van der Waals surface area (Å²) in [7, 11) is 1.60. The number of carbonyl (C=O) groups is 2. The number of amides is 2. The van der Waals surface area contributed by atoms with Gasteiger partial charge < -0.3 is 25.6 Å². The maximum absolute atomic E-state index is 15.7. The molecular weight excluding hydrogens is 868 g/mol. The summed E-state index contributed by atoms with van der Waals surface area (Å²) in [4.78, 5) is 38.0. The molecule has 310 valence electrons. The van der Waals surface area contributed by atoms with Gasteiger partial charge in [-0.2, -0.15) is 8.78 Å². The molecule has 1 saturated carbocycles. The third-order valence-electron chi connectivity index (χ3n) is 10.4. The first-order valence-corrected chi connectivity index (χ1v) is 20.0. The molecule has 0 bridgehead atoms. The van der Waals surface area contributed by atoms with Crippen LogP contribution in [0.25, 0.3) is 11.3 Å². The normalized spacial score (nSPS) is 16.1. The van der Waals surface area contributed by atoms with Crippen molar-refractivity contribution in [3.05, 3.63) is 82.3 Å². The molecular formula is C39H47F5IN7O5. The number of hydrazine groups is 1. The quantitative estimate of drug-likeness (QED) is 0.0282. The molecule has 1 aliphatic heterocycles. The van der Waals surface area contributed by atoms with Crippen molar-refractivity contribution in [2.24, 2.45) is 0 Å². The van der Waals surface area contributed by atoms with Crippen molar-refractivity contribution < 1.29 is 46.5 Å². The molecule has 5 rings (SSSR count). The van der Waals surface area contributed by atoms with Crippen molar-refractivity contribution >= 4 is 40.1 Å². The van der Waals surface area contributed by atoms with Gasteiger partial charge in [-0.15, -0.1) is 0 Å². The van der Waals surface area contributed by atoms with Gasteiger partial charge in [-0.05, 0) is 68.0 Å². The minimum absolute atomic E-state index is 0.0300. The Bertz CT molecular complexity index is 1970. The van der Waals surface area contributed by atoms with E-state index in [1.54, 1.807) is 25.0 Å². The van der Waals surface area contributed by atoms with Crippen molar-refractivity contribution in [3.8, 4) is 17.0 Å². The van der Waals surface area contributed by atoms with E-state index < -0.39 is 57.6 Å². The molecule has 4 N–H and O–H groups in total. The van der Waals surface area contributed by atoms with E-state index in [1.807, 2.05) is 0 Å². The Hall–Kier alpha value is -3.98. The third kappa shape index (κ3) is 9.84. The average molecular weight is 916 g/mol. The molecule has 18 heteroatoms. The maximum Gasteiger partial charge on any atom is 0.287 e. The number of anilines is 1. The summed E-state index contributed by atoms with van der Waals surface area (Å²) in [5, 5.41) is 29.2. The molecule has 0 unspecified atom stereocenters. The van der Waals surface area contributed by atoms with Crippen molar-refractivity contribution in [2.75, 3.05) is 56.3 Å². The molecule has 12 nitrogen and oxygen atoms in total. The van der Waals surface area contributed by atoms with Crippen LogP contribution in [0.1, 0.15) is 61.9 Å². The molecule has 1 spiro atoms. The summed E-state index contributed by atoms with van der Waals surface area (Å²) in [6.07, 6.45) is 3.01. The van der Waals surface area contributed by atoms with Crippen LogP contribution >= 0.6 is 22.6 Å². The molecule has 2 heterocycles. The van der Waals surface area contributed by atoms with E-state index in [-0.39, 0.29) is 48.0 Å². The lowest BCUT2D eigenvalue weighted by atomic mass is 9.72. The highest BCUT2D eigenvalue weighted by molar-refractivity contribution is 14.1. The van der Waals surface area contributed by atoms with E-state index in [0.717, 1.165) is 48.2 Å². The van der Waals surface area contributed by atoms with Gasteiger partial charge in [-0.25, -0.2) is 28.1 Å². The highest BCUT2D eigenvalue weighted by Gasteiger charge is 2.55. The van der Waals surface area contributed by atoms with Gasteiger partial charge in [0, 0.05) is 64.8 Å². The van der Waals surface area contributed by atoms with Crippen LogP contribution in [0.4, 0.5) is 27.6 Å². The number of aliphatic hydroxyl groups is 2. The number of halogens is 6. The molecule has 1 aliphatic carbocycles. The van der Waals surface area contributed by atoms with E-state index in [2.05, 4.69) is 48.1 Å². The Morgan fingerprint density at radius 1 is 1.07 bits per heavy atom. The lowest BCUT2D eigenvalue weighted by Gasteiger charge is -2.54. The Morgan fingerprint density at radius 2 is 1.81 bits per heavy atom. The molecule has 3 aromatic rings. The van der Waals surface area contributed by atoms with Gasteiger partial charge >= 0.3 is 0 Å². The lowest BCUT2D eigenvalue weighted by Crippen LogP contribution is -2.65. The van der Waals surface area contributed by atoms with E-state index in [1.165, 1.54) is 11.1 Å². The van der Waals surface area contributed by atoms with Crippen LogP contribution in [-0.2, 0) is 28.0 Å². The number of nitrogens with zero attached hydrogens (tertiary/aromatic N) is 5. The third-order valence-corrected chi connectivity index (χ3v) is 11.4. The summed E-state index contributed by atoms with van der Waals surface area (Å²) >= 11 is 2.27. The Kier molecular flexibility index (Phi) is 14.2. The van der Waals surface area contributed by atoms with Crippen LogP contribution in [-0.4, -0.2) is 103 Å². The largest absolute Gasteiger partial charge is 0.509 e. The number of alkyl halides is 5. The first-order chi connectivity index (χ1) is 26.9. The number of aromatic nitrogens is 2. The Balaban J connectivity index is 1.36. The second kappa shape index (κ2) is 18.3. The summed E-state index contributed by atoms with van der Waals surface area (Å²) in [5.74, 6) is -9.77. The SMILES string of the molecule is Cc1c(CN2C(=O)C(C(=O)Nc3ccc(C(C)(F)F)cc3-c3cc(C(C)(F)F)ncn3)=C(O)C3(CCC3)N2C)ccc(OCCNCCN(CI)CCCO)c1F. The molecule has 2 aliphatic rings. The van der Waals surface area contributed by atoms with Gasteiger partial charge in [-0.1, -0.05) is 34.7 Å². The smallest absolute Gasteiger partial charge is 0.287 e. The van der Waals surface area contributed by atoms with E-state index in [4.69, 9.17) is 9.84 Å². The summed E-state index contributed by atoms with van der Waals surface area (Å²) in [6, 6.07) is 7.21. The monoisotopic (exact) mass is 915 g/mol. The van der Waals surface area contributed by atoms with Gasteiger partial charge in [0.1, 0.15) is 30.0 Å². The van der Waals surface area contributed by atoms with Crippen LogP contribution in [0.15, 0.2) is 54.1 Å². The second-order valence-electron chi connectivity index (χ2n) is 14.3. The number of ether oxygens (including phenoxy) is 1. The van der Waals surface area contributed by atoms with Crippen molar-refractivity contribution in [2.45, 2.75) is 70.4 Å². The minimum Gasteiger partial charge on any atom is -0.509 e. The van der Waals surface area contributed by atoms with Crippen molar-refractivity contribution in [3.63, 3.8) is 0 Å². The van der Waals surface area contributed by atoms with Crippen LogP contribution in [0, 0.1) is 12.7 Å². The minimum atomic E-state index is -3.39. The highest BCUT2D eigenvalue weighted by Crippen LogP contribution is 2.47. The number of aliphatic hydroxyl groups excluding tert-OH is 2. The molecule has 0 radical (unpaired) electrons. The zero-order chi connectivity index (χ0) is 41.7. The molecule has 57 heavy (non-hydrogen) atoms. The fraction of sp³-hybridized carbons (Fsp3) is 0.487. The van der Waals surface area contributed by atoms with Gasteiger partial charge in [0.25, 0.3) is 23.7 Å². The first kappa shape index (κ1) is 44.1. The van der Waals surface area contributed by atoms with Gasteiger partial charge in [-0.3, -0.25) is 19.5 Å². The summed E-state index contributed by atoms with van der Waals surface area (Å²) in [5.41, 5.74) is -2.74. The number of rotatable bonds is 18. The van der Waals surface area contributed by atoms with Crippen molar-refractivity contribution in [1.29, 1.82) is 0 Å². The topological polar surface area (TPSA) is 143 Å². The van der Waals surface area contributed by atoms with Crippen LogP contribution < -0.4 is 15.4 Å². The molecule has 2 amide bonds. The van der Waals surface area contributed by atoms with Gasteiger partial charge in [0.2, 0.25) is 0 Å². The number of nitrogens with one attached hydrogen (secondary N) is 2. The molecule has 1 fully saturated rings. The number of likely N-dealkylation sites (N-methyl/N-ethyl adjacent to an activating group) is 1. The zero-order valence-electron chi connectivity index (χ0n) is 32.1. The van der Waals surface area contributed by atoms with Crippen molar-refractivity contribution in [1.82, 2.24) is 30.2 Å². The van der Waals surface area contributed by atoms with E-state index in [9.17, 15) is 32.3 Å². The number of hydrogen-bond acceptors (Lipinski definition) is 10. The summed E-state index contributed by atoms with van der Waals surface area (Å²) < 4.78 is 79.5. The maximum atomic E-state index is 15.7. The molecule has 2 aromatic carbocycles. The van der Waals surface area contributed by atoms with Crippen LogP contribution in [0.2, 0.25) is 0 Å². The number of benzene rings is 2. The predicted molar refractivity (Wildman–Crippen MR) is 211 cm³/mol. The van der Waals surface area contributed by atoms with E-state index in [0.29, 0.717) is 58.2 Å². The van der Waals surface area contributed by atoms with Crippen LogP contribution in [0.5, 0.6) is 5.75 Å². The predicted octanol–water partition coefficient (Wildman–Crippen LogP) is 6.42. The lowest BCUT2D eigenvalue weighted by molar-refractivity contribution is -0.172. The van der Waals surface area contributed by atoms with E-state index >= 15 is 4.39 Å². The van der Waals surface area contributed by atoms with Gasteiger partial charge in [0.15, 0.2) is 11.6 Å². The highest BCUT2D eigenvalue weighted by atomic mass is 127. The average Bonchev–Trinajstić information content (AvgIpc) is 3.14. The molecule has 0 saturated heterocycles. The second-order valence-corrected chi connectivity index (χ2v) is 15.0. The molecule has 0 atom stereocenters. The fourth-order valence-corrected chi connectivity index (χ4v) is 7.45. The van der Waals surface area contributed by atoms with Gasteiger partial charge in [0.05, 0.1) is 28.0 Å². The first-order valence-electron chi connectivity index (χ1n) is 18.5. The Morgan fingerprint density at radius 3 is 2.44 bits per heavy atom. The number of hydrogen-bond donors (Lipinski definition) is 4. The Labute approximate surface area is 341 Å².